The van der Waals surface area contributed by atoms with Gasteiger partial charge in [-0.15, -0.1) is 0 Å². The van der Waals surface area contributed by atoms with Crippen molar-refractivity contribution in [2.24, 2.45) is 0 Å². The predicted molar refractivity (Wildman–Crippen MR) is 88.8 cm³/mol. The van der Waals surface area contributed by atoms with Gasteiger partial charge in [-0.1, -0.05) is 44.2 Å². The highest BCUT2D eigenvalue weighted by atomic mass is 15.1. The van der Waals surface area contributed by atoms with Crippen molar-refractivity contribution >= 4 is 11.6 Å². The molecule has 1 aromatic carbocycles. The van der Waals surface area contributed by atoms with E-state index in [1.807, 2.05) is 12.1 Å². The molecule has 0 aliphatic heterocycles. The first kappa shape index (κ1) is 15.3. The minimum absolute atomic E-state index is 0.204. The van der Waals surface area contributed by atoms with Crippen molar-refractivity contribution in [3.8, 4) is 0 Å². The average Bonchev–Trinajstić information content (AvgIpc) is 2.48. The zero-order valence-electron chi connectivity index (χ0n) is 13.2. The smallest absolute Gasteiger partial charge is 0.135 e. The molecule has 0 aliphatic rings. The van der Waals surface area contributed by atoms with E-state index in [-0.39, 0.29) is 6.04 Å². The Hall–Kier alpha value is -2.10. The number of aromatic nitrogens is 2. The van der Waals surface area contributed by atoms with Crippen molar-refractivity contribution in [2.75, 3.05) is 17.2 Å². The van der Waals surface area contributed by atoms with Gasteiger partial charge in [-0.2, -0.15) is 0 Å². The van der Waals surface area contributed by atoms with Crippen LogP contribution >= 0.6 is 0 Å². The molecule has 2 aromatic rings. The number of hydrogen-bond acceptors (Lipinski definition) is 4. The molecule has 0 fully saturated rings. The van der Waals surface area contributed by atoms with Crippen LogP contribution in [0.25, 0.3) is 0 Å². The Morgan fingerprint density at radius 3 is 2.29 bits per heavy atom. The minimum atomic E-state index is 0.204. The Labute approximate surface area is 127 Å². The van der Waals surface area contributed by atoms with Crippen LogP contribution in [0, 0.1) is 0 Å². The molecule has 0 aliphatic carbocycles. The average molecular weight is 284 g/mol. The molecule has 2 rings (SSSR count). The summed E-state index contributed by atoms with van der Waals surface area (Å²) in [4.78, 5) is 9.16. The molecular weight excluding hydrogens is 260 g/mol. The summed E-state index contributed by atoms with van der Waals surface area (Å²) in [5.41, 5.74) is 1.24. The highest BCUT2D eigenvalue weighted by Crippen LogP contribution is 2.21. The number of nitrogens with one attached hydrogen (secondary N) is 2. The summed E-state index contributed by atoms with van der Waals surface area (Å²) in [6.45, 7) is 9.27. The molecule has 0 saturated heterocycles. The van der Waals surface area contributed by atoms with Gasteiger partial charge in [0.05, 0.1) is 0 Å². The summed E-state index contributed by atoms with van der Waals surface area (Å²) in [6.07, 6.45) is 0. The van der Waals surface area contributed by atoms with Gasteiger partial charge >= 0.3 is 0 Å². The summed E-state index contributed by atoms with van der Waals surface area (Å²) in [5, 5.41) is 6.73. The normalized spacial score (nSPS) is 12.2. The second kappa shape index (κ2) is 7.07. The molecule has 0 bridgehead atoms. The maximum absolute atomic E-state index is 4.62. The molecule has 2 N–H and O–H groups in total. The van der Waals surface area contributed by atoms with Crippen LogP contribution in [0.5, 0.6) is 0 Å². The molecule has 1 unspecified atom stereocenters. The van der Waals surface area contributed by atoms with Crippen molar-refractivity contribution in [3.05, 3.63) is 47.8 Å². The molecule has 4 nitrogen and oxygen atoms in total. The Morgan fingerprint density at radius 1 is 1.00 bits per heavy atom. The van der Waals surface area contributed by atoms with Crippen LogP contribution in [0.1, 0.15) is 51.0 Å². The van der Waals surface area contributed by atoms with Gasteiger partial charge in [0, 0.05) is 24.6 Å². The lowest BCUT2D eigenvalue weighted by Crippen LogP contribution is -2.11. The van der Waals surface area contributed by atoms with Gasteiger partial charge in [-0.05, 0) is 19.4 Å². The van der Waals surface area contributed by atoms with Crippen LogP contribution < -0.4 is 10.6 Å². The lowest BCUT2D eigenvalue weighted by atomic mass is 10.1. The minimum Gasteiger partial charge on any atom is -0.370 e. The summed E-state index contributed by atoms with van der Waals surface area (Å²) < 4.78 is 0. The van der Waals surface area contributed by atoms with E-state index >= 15 is 0 Å². The van der Waals surface area contributed by atoms with Crippen LogP contribution in [-0.2, 0) is 0 Å². The summed E-state index contributed by atoms with van der Waals surface area (Å²) in [6, 6.07) is 12.5. The zero-order valence-corrected chi connectivity index (χ0v) is 13.2. The fourth-order valence-electron chi connectivity index (χ4n) is 2.12. The third kappa shape index (κ3) is 4.18. The van der Waals surface area contributed by atoms with Crippen molar-refractivity contribution in [1.29, 1.82) is 0 Å². The topological polar surface area (TPSA) is 49.8 Å². The highest BCUT2D eigenvalue weighted by molar-refractivity contribution is 5.49. The van der Waals surface area contributed by atoms with Crippen molar-refractivity contribution < 1.29 is 0 Å². The molecule has 0 saturated carbocycles. The highest BCUT2D eigenvalue weighted by Gasteiger charge is 2.10. The number of anilines is 2. The van der Waals surface area contributed by atoms with Gasteiger partial charge in [0.25, 0.3) is 0 Å². The fraction of sp³-hybridized carbons (Fsp3) is 0.412. The van der Waals surface area contributed by atoms with E-state index in [4.69, 9.17) is 0 Å². The Morgan fingerprint density at radius 2 is 1.67 bits per heavy atom. The van der Waals surface area contributed by atoms with E-state index in [1.165, 1.54) is 5.56 Å². The lowest BCUT2D eigenvalue weighted by molar-refractivity contribution is 0.769. The molecule has 21 heavy (non-hydrogen) atoms. The first-order valence-corrected chi connectivity index (χ1v) is 7.54. The fourth-order valence-corrected chi connectivity index (χ4v) is 2.12. The standard InChI is InChI=1S/C17H24N4/c1-5-18-15-11-16(21-17(20-15)12(2)3)19-13(4)14-9-7-6-8-10-14/h6-13H,5H2,1-4H3,(H2,18,19,20,21). The first-order chi connectivity index (χ1) is 10.1. The Bertz CT molecular complexity index is 566. The molecule has 0 amide bonds. The van der Waals surface area contributed by atoms with Gasteiger partial charge in [0.15, 0.2) is 0 Å². The second-order valence-electron chi connectivity index (χ2n) is 5.46. The van der Waals surface area contributed by atoms with Crippen LogP contribution in [0.15, 0.2) is 36.4 Å². The van der Waals surface area contributed by atoms with Gasteiger partial charge < -0.3 is 10.6 Å². The summed E-state index contributed by atoms with van der Waals surface area (Å²) in [5.74, 6) is 2.90. The molecule has 1 aromatic heterocycles. The van der Waals surface area contributed by atoms with Crippen LogP contribution in [0.4, 0.5) is 11.6 Å². The SMILES string of the molecule is CCNc1cc(NC(C)c2ccccc2)nc(C(C)C)n1. The number of rotatable bonds is 6. The molecular formula is C17H24N4. The summed E-state index contributed by atoms with van der Waals surface area (Å²) in [7, 11) is 0. The molecule has 112 valence electrons. The third-order valence-electron chi connectivity index (χ3n) is 3.28. The van der Waals surface area contributed by atoms with Gasteiger partial charge in [0.2, 0.25) is 0 Å². The monoisotopic (exact) mass is 284 g/mol. The number of benzene rings is 1. The van der Waals surface area contributed by atoms with E-state index in [9.17, 15) is 0 Å². The first-order valence-electron chi connectivity index (χ1n) is 7.54. The van der Waals surface area contributed by atoms with E-state index in [0.717, 1.165) is 24.0 Å². The van der Waals surface area contributed by atoms with E-state index < -0.39 is 0 Å². The van der Waals surface area contributed by atoms with E-state index in [0.29, 0.717) is 5.92 Å². The number of nitrogens with zero attached hydrogens (tertiary/aromatic N) is 2. The van der Waals surface area contributed by atoms with E-state index in [2.05, 4.69) is 72.6 Å². The van der Waals surface area contributed by atoms with Crippen molar-refractivity contribution in [2.45, 2.75) is 39.7 Å². The van der Waals surface area contributed by atoms with Gasteiger partial charge in [-0.25, -0.2) is 9.97 Å². The molecule has 4 heteroatoms. The van der Waals surface area contributed by atoms with E-state index in [1.54, 1.807) is 0 Å². The third-order valence-corrected chi connectivity index (χ3v) is 3.28. The second-order valence-corrected chi connectivity index (χ2v) is 5.46. The molecule has 1 heterocycles. The van der Waals surface area contributed by atoms with Crippen molar-refractivity contribution in [1.82, 2.24) is 9.97 Å². The summed E-state index contributed by atoms with van der Waals surface area (Å²) >= 11 is 0. The lowest BCUT2D eigenvalue weighted by Gasteiger charge is -2.17. The quantitative estimate of drug-likeness (QED) is 0.834. The van der Waals surface area contributed by atoms with Gasteiger partial charge in [0.1, 0.15) is 17.5 Å². The molecule has 0 radical (unpaired) electrons. The van der Waals surface area contributed by atoms with Crippen LogP contribution in [0.3, 0.4) is 0 Å². The maximum Gasteiger partial charge on any atom is 0.135 e. The zero-order chi connectivity index (χ0) is 15.2. The Kier molecular flexibility index (Phi) is 5.14. The molecule has 0 spiro atoms. The van der Waals surface area contributed by atoms with Crippen LogP contribution in [-0.4, -0.2) is 16.5 Å². The van der Waals surface area contributed by atoms with Gasteiger partial charge in [-0.3, -0.25) is 0 Å². The maximum atomic E-state index is 4.62. The molecule has 1 atom stereocenters. The number of hydrogen-bond donors (Lipinski definition) is 2. The largest absolute Gasteiger partial charge is 0.370 e. The van der Waals surface area contributed by atoms with Crippen LogP contribution in [0.2, 0.25) is 0 Å². The predicted octanol–water partition coefficient (Wildman–Crippen LogP) is 4.20. The van der Waals surface area contributed by atoms with Crippen molar-refractivity contribution in [3.63, 3.8) is 0 Å². The Balaban J connectivity index is 2.22.